The molecule has 2 N–H and O–H groups in total. The fraction of sp³-hybridized carbons (Fsp3) is 0.171. The van der Waals surface area contributed by atoms with E-state index in [4.69, 9.17) is 17.9 Å². The number of carbonyl (C=O) groups is 2. The summed E-state index contributed by atoms with van der Waals surface area (Å²) in [5, 5.41) is 58.1. The van der Waals surface area contributed by atoms with E-state index in [0.29, 0.717) is 50.3 Å². The molecule has 0 saturated carbocycles. The van der Waals surface area contributed by atoms with Gasteiger partial charge in [-0.15, -0.1) is 0 Å². The lowest BCUT2D eigenvalue weighted by Crippen LogP contribution is -2.36. The van der Waals surface area contributed by atoms with Gasteiger partial charge in [0.1, 0.15) is 0 Å². The molecule has 1 aliphatic carbocycles. The minimum atomic E-state index is -1.30. The Kier molecular flexibility index (Phi) is 13.2. The summed E-state index contributed by atoms with van der Waals surface area (Å²) in [5.74, 6) is -2.27. The third kappa shape index (κ3) is 9.09. The lowest BCUT2D eigenvalue weighted by Gasteiger charge is -2.31. The van der Waals surface area contributed by atoms with Crippen LogP contribution in [0, 0.1) is 58.5 Å². The molecule has 2 aromatic rings. The molecule has 0 bridgehead atoms. The fourth-order valence-corrected chi connectivity index (χ4v) is 5.86. The summed E-state index contributed by atoms with van der Waals surface area (Å²) in [6.45, 7) is 17.3. The number of aromatic carboxylic acids is 2. The van der Waals surface area contributed by atoms with Crippen molar-refractivity contribution in [3.05, 3.63) is 164 Å². The Bertz CT molecular complexity index is 2250. The topological polar surface area (TPSA) is 191 Å². The molecule has 53 heavy (non-hydrogen) atoms. The second-order valence-corrected chi connectivity index (χ2v) is 11.4. The van der Waals surface area contributed by atoms with E-state index in [9.17, 15) is 40.8 Å². The average Bonchev–Trinajstić information content (AvgIpc) is 3.59. The van der Waals surface area contributed by atoms with Gasteiger partial charge in [0.25, 0.3) is 5.70 Å². The van der Waals surface area contributed by atoms with Crippen LogP contribution in [0.25, 0.3) is 20.8 Å². The molecule has 1 unspecified atom stereocenters. The van der Waals surface area contributed by atoms with Gasteiger partial charge in [0.15, 0.2) is 6.07 Å². The molecule has 12 heteroatoms. The third-order valence-electron chi connectivity index (χ3n) is 8.36. The summed E-state index contributed by atoms with van der Waals surface area (Å²) in [6.07, 6.45) is 11.4. The number of nitrogens with zero attached hydrogens (tertiary/aromatic N) is 7. The standard InChI is InChI=1S/C41H29N7O5/c1-46-35(25-44)37(27-9-15-31(16-10-27)40(49)50)33(23-42)7-3-5-29-13-14-30(39(29)48-19-21-53-22-20-48)6-4-8-34(24-43)38(36(26-45)47-2)28-11-17-32(18-12-28)41(51)52/h3-12,15-18,35H,13-14,19-22H2,(H,49,50)(H,51,52)/b6-4+,7-3+,29-5+,34-8+,37-33-,38-36+. The quantitative estimate of drug-likeness (QED) is 0.142. The van der Waals surface area contributed by atoms with Gasteiger partial charge in [-0.2, -0.15) is 15.8 Å². The lowest BCUT2D eigenvalue weighted by atomic mass is 9.93. The van der Waals surface area contributed by atoms with Crippen molar-refractivity contribution in [2.45, 2.75) is 18.9 Å². The largest absolute Gasteiger partial charge is 0.478 e. The average molecular weight is 700 g/mol. The van der Waals surface area contributed by atoms with E-state index in [-0.39, 0.29) is 39.1 Å². The molecular formula is C41H29N7O5. The summed E-state index contributed by atoms with van der Waals surface area (Å²) in [6, 6.07) is 17.8. The summed E-state index contributed by atoms with van der Waals surface area (Å²) in [7, 11) is 0. The number of morpholine rings is 1. The number of ether oxygens (including phenoxy) is 1. The summed E-state index contributed by atoms with van der Waals surface area (Å²) >= 11 is 0. The van der Waals surface area contributed by atoms with E-state index in [0.717, 1.165) is 16.8 Å². The maximum Gasteiger partial charge on any atom is 0.335 e. The molecule has 1 atom stereocenters. The van der Waals surface area contributed by atoms with Crippen molar-refractivity contribution in [3.8, 4) is 24.3 Å². The molecule has 1 saturated heterocycles. The smallest absolute Gasteiger partial charge is 0.335 e. The maximum absolute atomic E-state index is 11.4. The van der Waals surface area contributed by atoms with Crippen LogP contribution in [-0.2, 0) is 4.74 Å². The molecule has 1 aliphatic heterocycles. The van der Waals surface area contributed by atoms with Crippen LogP contribution in [0.2, 0.25) is 0 Å². The molecule has 0 radical (unpaired) electrons. The minimum Gasteiger partial charge on any atom is -0.478 e. The Morgan fingerprint density at radius 1 is 0.830 bits per heavy atom. The molecule has 2 aliphatic rings. The van der Waals surface area contributed by atoms with Gasteiger partial charge in [-0.25, -0.2) is 26.3 Å². The van der Waals surface area contributed by atoms with Crippen LogP contribution < -0.4 is 0 Å². The third-order valence-corrected chi connectivity index (χ3v) is 8.36. The van der Waals surface area contributed by atoms with Crippen LogP contribution >= 0.6 is 0 Å². The summed E-state index contributed by atoms with van der Waals surface area (Å²) in [5.41, 5.74) is 3.68. The van der Waals surface area contributed by atoms with Gasteiger partial charge in [-0.1, -0.05) is 48.6 Å². The number of carboxylic acids is 2. The van der Waals surface area contributed by atoms with Gasteiger partial charge in [0.05, 0.1) is 65.8 Å². The molecule has 1 heterocycles. The van der Waals surface area contributed by atoms with Crippen molar-refractivity contribution >= 4 is 23.1 Å². The number of hydrogen-bond acceptors (Lipinski definition) is 8. The fourth-order valence-electron chi connectivity index (χ4n) is 5.86. The highest BCUT2D eigenvalue weighted by atomic mass is 16.5. The zero-order valence-electron chi connectivity index (χ0n) is 28.2. The van der Waals surface area contributed by atoms with E-state index in [1.165, 1.54) is 60.7 Å². The molecule has 1 fully saturated rings. The van der Waals surface area contributed by atoms with Crippen LogP contribution in [0.5, 0.6) is 0 Å². The second kappa shape index (κ2) is 18.3. The van der Waals surface area contributed by atoms with Crippen molar-refractivity contribution in [1.82, 2.24) is 4.90 Å². The van der Waals surface area contributed by atoms with E-state index in [1.807, 2.05) is 24.3 Å². The van der Waals surface area contributed by atoms with Crippen molar-refractivity contribution in [2.24, 2.45) is 0 Å². The molecule has 12 nitrogen and oxygen atoms in total. The number of benzene rings is 2. The molecule has 2 aromatic carbocycles. The van der Waals surface area contributed by atoms with Crippen LogP contribution in [0.1, 0.15) is 44.7 Å². The van der Waals surface area contributed by atoms with Gasteiger partial charge in [-0.05, 0) is 71.5 Å². The number of allylic oxidation sites excluding steroid dienone is 12. The Hall–Kier alpha value is -7.74. The summed E-state index contributed by atoms with van der Waals surface area (Å²) in [4.78, 5) is 31.6. The first-order valence-electron chi connectivity index (χ1n) is 16.0. The van der Waals surface area contributed by atoms with Crippen molar-refractivity contribution in [2.75, 3.05) is 26.3 Å². The van der Waals surface area contributed by atoms with Crippen molar-refractivity contribution in [1.29, 1.82) is 21.0 Å². The number of rotatable bonds is 11. The zero-order chi connectivity index (χ0) is 38.3. The minimum absolute atomic E-state index is 0.0154. The number of nitriles is 4. The monoisotopic (exact) mass is 699 g/mol. The number of carboxylic acid groups (broad SMARTS) is 2. The van der Waals surface area contributed by atoms with E-state index < -0.39 is 18.0 Å². The van der Waals surface area contributed by atoms with Crippen LogP contribution in [0.3, 0.4) is 0 Å². The molecule has 0 amide bonds. The Morgan fingerprint density at radius 2 is 1.43 bits per heavy atom. The molecular weight excluding hydrogens is 670 g/mol. The van der Waals surface area contributed by atoms with E-state index in [1.54, 1.807) is 12.2 Å². The Morgan fingerprint density at radius 3 is 1.94 bits per heavy atom. The van der Waals surface area contributed by atoms with Gasteiger partial charge in [0, 0.05) is 24.4 Å². The molecule has 258 valence electrons. The highest BCUT2D eigenvalue weighted by molar-refractivity contribution is 5.91. The number of hydrogen-bond donors (Lipinski definition) is 2. The van der Waals surface area contributed by atoms with Gasteiger partial charge in [-0.3, -0.25) is 4.85 Å². The highest BCUT2D eigenvalue weighted by Gasteiger charge is 2.26. The lowest BCUT2D eigenvalue weighted by molar-refractivity contribution is 0.0547. The predicted octanol–water partition coefficient (Wildman–Crippen LogP) is 6.89. The second-order valence-electron chi connectivity index (χ2n) is 11.4. The van der Waals surface area contributed by atoms with Gasteiger partial charge in [0.2, 0.25) is 0 Å². The first-order chi connectivity index (χ1) is 25.7. The SMILES string of the molecule is [C-]#[N+]/C(C#N)=C(/C(C#N)=C/C=C/C1=C(N2CCOCC2)C(=C/C=C/C(C#N)=C(\c2ccc(C(=O)O)cc2)C(C#N)[N+]#[C-])/CC1)c1ccc(C(=O)O)cc1. The van der Waals surface area contributed by atoms with Crippen molar-refractivity contribution < 1.29 is 24.5 Å². The van der Waals surface area contributed by atoms with Gasteiger partial charge >= 0.3 is 18.0 Å². The Balaban J connectivity index is 1.76. The Labute approximate surface area is 306 Å². The van der Waals surface area contributed by atoms with Crippen LogP contribution in [0.4, 0.5) is 0 Å². The van der Waals surface area contributed by atoms with Crippen LogP contribution in [0.15, 0.2) is 119 Å². The maximum atomic E-state index is 11.4. The van der Waals surface area contributed by atoms with Crippen LogP contribution in [-0.4, -0.2) is 59.4 Å². The summed E-state index contributed by atoms with van der Waals surface area (Å²) < 4.78 is 5.57. The van der Waals surface area contributed by atoms with Gasteiger partial charge < -0.3 is 19.8 Å². The highest BCUT2D eigenvalue weighted by Crippen LogP contribution is 2.36. The van der Waals surface area contributed by atoms with Crippen molar-refractivity contribution in [3.63, 3.8) is 0 Å². The predicted molar refractivity (Wildman–Crippen MR) is 193 cm³/mol. The molecule has 0 spiro atoms. The normalized spacial score (nSPS) is 16.8. The van der Waals surface area contributed by atoms with E-state index >= 15 is 0 Å². The van der Waals surface area contributed by atoms with E-state index in [2.05, 4.69) is 26.7 Å². The molecule has 0 aromatic heterocycles. The molecule has 4 rings (SSSR count). The zero-order valence-corrected chi connectivity index (χ0v) is 28.2. The first kappa shape index (κ1) is 38.1. The first-order valence-corrected chi connectivity index (χ1v) is 16.0.